The molecule has 15 heavy (non-hydrogen) atoms. The summed E-state index contributed by atoms with van der Waals surface area (Å²) in [5.41, 5.74) is 6.25. The van der Waals surface area contributed by atoms with Crippen LogP contribution in [0.3, 0.4) is 0 Å². The van der Waals surface area contributed by atoms with Crippen molar-refractivity contribution in [3.8, 4) is 0 Å². The van der Waals surface area contributed by atoms with Gasteiger partial charge in [-0.3, -0.25) is 0 Å². The van der Waals surface area contributed by atoms with Gasteiger partial charge in [0.1, 0.15) is 0 Å². The lowest BCUT2D eigenvalue weighted by Crippen LogP contribution is -2.29. The molecule has 0 fully saturated rings. The Morgan fingerprint density at radius 1 is 1.60 bits per heavy atom. The summed E-state index contributed by atoms with van der Waals surface area (Å²) in [6, 6.07) is -0.269. The predicted molar refractivity (Wildman–Crippen MR) is 62.6 cm³/mol. The molecule has 1 atom stereocenters. The standard InChI is InChI=1S/C9H16N2O2S2/c1-3-8(10)5-15(12,13)6-9-4-14-7(2)11-9/h4,8H,3,5-6,10H2,1-2H3. The largest absolute Gasteiger partial charge is 0.327 e. The van der Waals surface area contributed by atoms with E-state index in [1.807, 2.05) is 13.8 Å². The zero-order valence-electron chi connectivity index (χ0n) is 8.93. The molecular weight excluding hydrogens is 232 g/mol. The first-order valence-electron chi connectivity index (χ1n) is 4.80. The van der Waals surface area contributed by atoms with Gasteiger partial charge in [-0.2, -0.15) is 0 Å². The second-order valence-corrected chi connectivity index (χ2v) is 6.75. The Labute approximate surface area is 94.4 Å². The van der Waals surface area contributed by atoms with Crippen LogP contribution in [-0.2, 0) is 15.6 Å². The third-order valence-corrected chi connectivity index (χ3v) is 4.52. The minimum absolute atomic E-state index is 0.00500. The molecule has 1 heterocycles. The van der Waals surface area contributed by atoms with Gasteiger partial charge >= 0.3 is 0 Å². The van der Waals surface area contributed by atoms with Crippen LogP contribution in [-0.4, -0.2) is 25.2 Å². The second kappa shape index (κ2) is 5.05. The minimum atomic E-state index is -3.11. The van der Waals surface area contributed by atoms with Gasteiger partial charge < -0.3 is 5.73 Å². The van der Waals surface area contributed by atoms with Crippen LogP contribution in [0, 0.1) is 6.92 Å². The van der Waals surface area contributed by atoms with Gasteiger partial charge in [0.05, 0.1) is 22.2 Å². The lowest BCUT2D eigenvalue weighted by atomic mass is 10.3. The van der Waals surface area contributed by atoms with Gasteiger partial charge in [-0.15, -0.1) is 11.3 Å². The Morgan fingerprint density at radius 2 is 2.27 bits per heavy atom. The molecular formula is C9H16N2O2S2. The molecule has 1 aromatic rings. The quantitative estimate of drug-likeness (QED) is 0.847. The zero-order valence-corrected chi connectivity index (χ0v) is 10.6. The summed E-state index contributed by atoms with van der Waals surface area (Å²) in [6.07, 6.45) is 0.676. The van der Waals surface area contributed by atoms with E-state index in [1.54, 1.807) is 5.38 Å². The lowest BCUT2D eigenvalue weighted by Gasteiger charge is -2.08. The maximum Gasteiger partial charge on any atom is 0.157 e. The highest BCUT2D eigenvalue weighted by Crippen LogP contribution is 2.12. The number of hydrogen-bond acceptors (Lipinski definition) is 5. The van der Waals surface area contributed by atoms with E-state index in [0.717, 1.165) is 5.01 Å². The minimum Gasteiger partial charge on any atom is -0.327 e. The van der Waals surface area contributed by atoms with E-state index in [9.17, 15) is 8.42 Å². The van der Waals surface area contributed by atoms with Crippen LogP contribution >= 0.6 is 11.3 Å². The summed E-state index contributed by atoms with van der Waals surface area (Å²) < 4.78 is 23.3. The van der Waals surface area contributed by atoms with Crippen LogP contribution in [0.15, 0.2) is 5.38 Å². The first-order valence-corrected chi connectivity index (χ1v) is 7.50. The molecule has 1 unspecified atom stereocenters. The Kier molecular flexibility index (Phi) is 4.24. The van der Waals surface area contributed by atoms with Crippen LogP contribution in [0.5, 0.6) is 0 Å². The number of nitrogens with zero attached hydrogens (tertiary/aromatic N) is 1. The monoisotopic (exact) mass is 248 g/mol. The summed E-state index contributed by atoms with van der Waals surface area (Å²) in [4.78, 5) is 4.13. The molecule has 6 heteroatoms. The van der Waals surface area contributed by atoms with Crippen molar-refractivity contribution >= 4 is 21.2 Å². The van der Waals surface area contributed by atoms with E-state index in [2.05, 4.69) is 4.98 Å². The summed E-state index contributed by atoms with van der Waals surface area (Å²) in [5.74, 6) is 0.0467. The van der Waals surface area contributed by atoms with Gasteiger partial charge in [0, 0.05) is 11.4 Å². The average molecular weight is 248 g/mol. The number of rotatable bonds is 5. The SMILES string of the molecule is CCC(N)CS(=O)(=O)Cc1csc(C)n1. The highest BCUT2D eigenvalue weighted by molar-refractivity contribution is 7.90. The van der Waals surface area contributed by atoms with Crippen molar-refractivity contribution in [1.29, 1.82) is 0 Å². The fourth-order valence-corrected chi connectivity index (χ4v) is 3.53. The molecule has 2 N–H and O–H groups in total. The number of nitrogens with two attached hydrogens (primary N) is 1. The van der Waals surface area contributed by atoms with E-state index < -0.39 is 9.84 Å². The van der Waals surface area contributed by atoms with Crippen molar-refractivity contribution in [2.45, 2.75) is 32.1 Å². The topological polar surface area (TPSA) is 73.1 Å². The molecule has 0 saturated heterocycles. The number of hydrogen-bond donors (Lipinski definition) is 1. The predicted octanol–water partition coefficient (Wildman–Crippen LogP) is 1.10. The van der Waals surface area contributed by atoms with Crippen molar-refractivity contribution in [2.75, 3.05) is 5.75 Å². The Balaban J connectivity index is 2.64. The first kappa shape index (κ1) is 12.6. The van der Waals surface area contributed by atoms with Gasteiger partial charge in [-0.25, -0.2) is 13.4 Å². The highest BCUT2D eigenvalue weighted by atomic mass is 32.2. The molecule has 1 aromatic heterocycles. The van der Waals surface area contributed by atoms with E-state index in [4.69, 9.17) is 5.73 Å². The summed E-state index contributed by atoms with van der Waals surface area (Å²) in [5, 5.41) is 2.67. The molecule has 0 radical (unpaired) electrons. The van der Waals surface area contributed by atoms with Crippen LogP contribution in [0.4, 0.5) is 0 Å². The summed E-state index contributed by atoms with van der Waals surface area (Å²) in [6.45, 7) is 3.74. The molecule has 4 nitrogen and oxygen atoms in total. The molecule has 0 aromatic carbocycles. The first-order chi connectivity index (χ1) is 6.93. The Hall–Kier alpha value is -0.460. The van der Waals surface area contributed by atoms with Crippen molar-refractivity contribution < 1.29 is 8.42 Å². The van der Waals surface area contributed by atoms with Crippen molar-refractivity contribution in [1.82, 2.24) is 4.98 Å². The molecule has 0 bridgehead atoms. The number of aromatic nitrogens is 1. The summed E-state index contributed by atoms with van der Waals surface area (Å²) in [7, 11) is -3.11. The Bertz CT molecular complexity index is 412. The van der Waals surface area contributed by atoms with E-state index >= 15 is 0 Å². The third-order valence-electron chi connectivity index (χ3n) is 2.03. The molecule has 0 aliphatic heterocycles. The third kappa shape index (κ3) is 4.27. The molecule has 0 aliphatic carbocycles. The Morgan fingerprint density at radius 3 is 2.73 bits per heavy atom. The van der Waals surface area contributed by atoms with Crippen molar-refractivity contribution in [3.63, 3.8) is 0 Å². The van der Waals surface area contributed by atoms with Crippen molar-refractivity contribution in [3.05, 3.63) is 16.1 Å². The smallest absolute Gasteiger partial charge is 0.157 e. The molecule has 0 aliphatic rings. The average Bonchev–Trinajstić information content (AvgIpc) is 2.49. The highest BCUT2D eigenvalue weighted by Gasteiger charge is 2.17. The van der Waals surface area contributed by atoms with Gasteiger partial charge in [0.2, 0.25) is 0 Å². The maximum atomic E-state index is 11.7. The maximum absolute atomic E-state index is 11.7. The van der Waals surface area contributed by atoms with E-state index in [1.165, 1.54) is 11.3 Å². The van der Waals surface area contributed by atoms with E-state index in [-0.39, 0.29) is 17.5 Å². The fourth-order valence-electron chi connectivity index (χ4n) is 1.20. The molecule has 86 valence electrons. The van der Waals surface area contributed by atoms with Crippen LogP contribution in [0.1, 0.15) is 24.0 Å². The van der Waals surface area contributed by atoms with Gasteiger partial charge in [-0.05, 0) is 13.3 Å². The van der Waals surface area contributed by atoms with E-state index in [0.29, 0.717) is 12.1 Å². The second-order valence-electron chi connectivity index (χ2n) is 3.58. The fraction of sp³-hybridized carbons (Fsp3) is 0.667. The molecule has 0 amide bonds. The van der Waals surface area contributed by atoms with Gasteiger partial charge in [0.25, 0.3) is 0 Å². The molecule has 0 spiro atoms. The van der Waals surface area contributed by atoms with Gasteiger partial charge in [0.15, 0.2) is 9.84 Å². The van der Waals surface area contributed by atoms with Crippen LogP contribution in [0.2, 0.25) is 0 Å². The van der Waals surface area contributed by atoms with Crippen LogP contribution < -0.4 is 5.73 Å². The molecule has 0 saturated carbocycles. The number of sulfone groups is 1. The number of aryl methyl sites for hydroxylation is 1. The normalized spacial score (nSPS) is 14.1. The lowest BCUT2D eigenvalue weighted by molar-refractivity contribution is 0.582. The van der Waals surface area contributed by atoms with Gasteiger partial charge in [-0.1, -0.05) is 6.92 Å². The zero-order chi connectivity index (χ0) is 11.5. The number of thiazole rings is 1. The molecule has 1 rings (SSSR count). The van der Waals surface area contributed by atoms with Crippen molar-refractivity contribution in [2.24, 2.45) is 5.73 Å². The van der Waals surface area contributed by atoms with Crippen LogP contribution in [0.25, 0.3) is 0 Å². The summed E-state index contributed by atoms with van der Waals surface area (Å²) >= 11 is 1.46.